The molecule has 2 aliphatic rings. The molecule has 1 saturated carbocycles. The number of nitrogens with one attached hydrogen (secondary N) is 1. The Hall–Kier alpha value is -3.38. The third-order valence-corrected chi connectivity index (χ3v) is 6.29. The maximum absolute atomic E-state index is 13.5. The molecule has 0 radical (unpaired) electrons. The fraction of sp³-hybridized carbons (Fsp3) is 0.333. The number of rotatable bonds is 7. The third-order valence-electron chi connectivity index (χ3n) is 6.29. The van der Waals surface area contributed by atoms with Gasteiger partial charge in [0.1, 0.15) is 5.75 Å². The van der Waals surface area contributed by atoms with Crippen molar-refractivity contribution in [1.29, 1.82) is 0 Å². The van der Waals surface area contributed by atoms with Gasteiger partial charge in [0.15, 0.2) is 6.61 Å². The molecular formula is C27H29N3O3. The molecule has 1 saturated heterocycles. The lowest BCUT2D eigenvalue weighted by molar-refractivity contribution is -0.123. The van der Waals surface area contributed by atoms with Gasteiger partial charge in [0.2, 0.25) is 0 Å². The number of nitrogens with zero attached hydrogens (tertiary/aromatic N) is 2. The molecule has 3 aromatic rings. The summed E-state index contributed by atoms with van der Waals surface area (Å²) < 4.78 is 5.88. The van der Waals surface area contributed by atoms with Gasteiger partial charge in [-0.25, -0.2) is 0 Å². The summed E-state index contributed by atoms with van der Waals surface area (Å²) in [5, 5.41) is 4.90. The minimum absolute atomic E-state index is 0.0438. The molecule has 1 aliphatic heterocycles. The van der Waals surface area contributed by atoms with E-state index in [1.807, 2.05) is 47.4 Å². The van der Waals surface area contributed by atoms with Crippen LogP contribution in [-0.2, 0) is 11.3 Å². The Morgan fingerprint density at radius 1 is 0.879 bits per heavy atom. The monoisotopic (exact) mass is 443 g/mol. The molecule has 0 bridgehead atoms. The van der Waals surface area contributed by atoms with Crippen LogP contribution in [0.5, 0.6) is 5.75 Å². The summed E-state index contributed by atoms with van der Waals surface area (Å²) in [5.74, 6) is 0.285. The molecule has 0 unspecified atom stereocenters. The van der Waals surface area contributed by atoms with Gasteiger partial charge in [-0.1, -0.05) is 54.6 Å². The molecule has 5 rings (SSSR count). The second kappa shape index (κ2) is 9.63. The smallest absolute Gasteiger partial charge is 0.258 e. The predicted molar refractivity (Wildman–Crippen MR) is 128 cm³/mol. The van der Waals surface area contributed by atoms with Gasteiger partial charge >= 0.3 is 0 Å². The van der Waals surface area contributed by atoms with Crippen LogP contribution < -0.4 is 10.1 Å². The van der Waals surface area contributed by atoms with Gasteiger partial charge in [0, 0.05) is 38.8 Å². The average Bonchev–Trinajstić information content (AvgIpc) is 3.67. The molecule has 3 aromatic carbocycles. The zero-order valence-electron chi connectivity index (χ0n) is 18.7. The highest BCUT2D eigenvalue weighted by atomic mass is 16.5. The normalized spacial score (nSPS) is 16.5. The van der Waals surface area contributed by atoms with Gasteiger partial charge in [-0.3, -0.25) is 14.5 Å². The van der Waals surface area contributed by atoms with Crippen LogP contribution in [0.1, 0.15) is 28.8 Å². The zero-order chi connectivity index (χ0) is 22.6. The van der Waals surface area contributed by atoms with Crippen molar-refractivity contribution in [2.24, 2.45) is 0 Å². The van der Waals surface area contributed by atoms with E-state index in [-0.39, 0.29) is 24.5 Å². The topological polar surface area (TPSA) is 61.9 Å². The molecular weight excluding hydrogens is 414 g/mol. The number of piperazine rings is 1. The molecule has 2 fully saturated rings. The molecule has 6 heteroatoms. The van der Waals surface area contributed by atoms with E-state index in [0.717, 1.165) is 43.2 Å². The minimum atomic E-state index is -0.140. The molecule has 0 spiro atoms. The lowest BCUT2D eigenvalue weighted by Gasteiger charge is -2.35. The van der Waals surface area contributed by atoms with Crippen LogP contribution in [0.4, 0.5) is 0 Å². The summed E-state index contributed by atoms with van der Waals surface area (Å²) >= 11 is 0. The Bertz CT molecular complexity index is 1140. The first kappa shape index (κ1) is 21.5. The van der Waals surface area contributed by atoms with E-state index in [0.29, 0.717) is 24.4 Å². The Kier molecular flexibility index (Phi) is 6.26. The number of fused-ring (bicyclic) bond motifs is 1. The van der Waals surface area contributed by atoms with Gasteiger partial charge in [0.25, 0.3) is 11.8 Å². The van der Waals surface area contributed by atoms with E-state index in [9.17, 15) is 9.59 Å². The molecule has 2 amide bonds. The minimum Gasteiger partial charge on any atom is -0.483 e. The molecule has 0 atom stereocenters. The average molecular weight is 444 g/mol. The van der Waals surface area contributed by atoms with Crippen LogP contribution in [0, 0.1) is 0 Å². The van der Waals surface area contributed by atoms with Crippen molar-refractivity contribution in [3.8, 4) is 5.75 Å². The number of carbonyl (C=O) groups is 2. The van der Waals surface area contributed by atoms with Crippen LogP contribution in [0.25, 0.3) is 10.8 Å². The quantitative estimate of drug-likeness (QED) is 0.608. The van der Waals surface area contributed by atoms with Crippen molar-refractivity contribution in [2.45, 2.75) is 25.4 Å². The van der Waals surface area contributed by atoms with Gasteiger partial charge in [-0.15, -0.1) is 0 Å². The number of ether oxygens (including phenoxy) is 1. The number of benzene rings is 3. The summed E-state index contributed by atoms with van der Waals surface area (Å²) in [4.78, 5) is 29.9. The molecule has 1 N–H and O–H groups in total. The number of carbonyl (C=O) groups excluding carboxylic acids is 2. The highest BCUT2D eigenvalue weighted by molar-refractivity contribution is 6.01. The van der Waals surface area contributed by atoms with Crippen molar-refractivity contribution in [3.05, 3.63) is 77.9 Å². The van der Waals surface area contributed by atoms with Crippen molar-refractivity contribution in [1.82, 2.24) is 15.1 Å². The molecule has 1 heterocycles. The van der Waals surface area contributed by atoms with Gasteiger partial charge < -0.3 is 15.0 Å². The van der Waals surface area contributed by atoms with Crippen LogP contribution in [-0.4, -0.2) is 60.4 Å². The molecule has 33 heavy (non-hydrogen) atoms. The predicted octanol–water partition coefficient (Wildman–Crippen LogP) is 3.46. The van der Waals surface area contributed by atoms with E-state index in [1.165, 1.54) is 5.56 Å². The summed E-state index contributed by atoms with van der Waals surface area (Å²) in [5.41, 5.74) is 1.80. The first-order valence-electron chi connectivity index (χ1n) is 11.7. The van der Waals surface area contributed by atoms with Crippen LogP contribution in [0.15, 0.2) is 66.7 Å². The molecule has 6 nitrogen and oxygen atoms in total. The third kappa shape index (κ3) is 5.34. The molecule has 170 valence electrons. The van der Waals surface area contributed by atoms with Crippen LogP contribution in [0.2, 0.25) is 0 Å². The lowest BCUT2D eigenvalue weighted by Crippen LogP contribution is -2.48. The van der Waals surface area contributed by atoms with E-state index in [1.54, 1.807) is 0 Å². The Morgan fingerprint density at radius 3 is 2.24 bits per heavy atom. The molecule has 1 aliphatic carbocycles. The Labute approximate surface area is 194 Å². The summed E-state index contributed by atoms with van der Waals surface area (Å²) in [6.45, 7) is 3.80. The SMILES string of the molecule is O=C(COc1cc2ccccc2cc1C(=O)N1CCN(Cc2ccccc2)CC1)NC1CC1. The van der Waals surface area contributed by atoms with E-state index >= 15 is 0 Å². The highest BCUT2D eigenvalue weighted by Gasteiger charge is 2.26. The largest absolute Gasteiger partial charge is 0.483 e. The standard InChI is InChI=1S/C27H29N3O3/c31-26(28-23-10-11-23)19-33-25-17-22-9-5-4-8-21(22)16-24(25)27(32)30-14-12-29(13-15-30)18-20-6-2-1-3-7-20/h1-9,16-17,23H,10-15,18-19H2,(H,28,31). The van der Waals surface area contributed by atoms with E-state index in [2.05, 4.69) is 34.5 Å². The van der Waals surface area contributed by atoms with Gasteiger partial charge in [0.05, 0.1) is 5.56 Å². The van der Waals surface area contributed by atoms with Gasteiger partial charge in [-0.05, 0) is 41.3 Å². The number of amides is 2. The lowest BCUT2D eigenvalue weighted by atomic mass is 10.0. The number of hydrogen-bond acceptors (Lipinski definition) is 4. The second-order valence-electron chi connectivity index (χ2n) is 8.88. The van der Waals surface area contributed by atoms with Crippen molar-refractivity contribution >= 4 is 22.6 Å². The summed E-state index contributed by atoms with van der Waals surface area (Å²) in [6, 6.07) is 22.4. The maximum Gasteiger partial charge on any atom is 0.258 e. The van der Waals surface area contributed by atoms with Crippen molar-refractivity contribution in [2.75, 3.05) is 32.8 Å². The van der Waals surface area contributed by atoms with E-state index in [4.69, 9.17) is 4.74 Å². The highest BCUT2D eigenvalue weighted by Crippen LogP contribution is 2.28. The first-order valence-corrected chi connectivity index (χ1v) is 11.7. The molecule has 0 aromatic heterocycles. The fourth-order valence-electron chi connectivity index (χ4n) is 4.27. The summed E-state index contributed by atoms with van der Waals surface area (Å²) in [7, 11) is 0. The zero-order valence-corrected chi connectivity index (χ0v) is 18.7. The second-order valence-corrected chi connectivity index (χ2v) is 8.88. The van der Waals surface area contributed by atoms with Crippen molar-refractivity contribution in [3.63, 3.8) is 0 Å². The van der Waals surface area contributed by atoms with Crippen LogP contribution >= 0.6 is 0 Å². The van der Waals surface area contributed by atoms with Crippen LogP contribution in [0.3, 0.4) is 0 Å². The maximum atomic E-state index is 13.5. The fourth-order valence-corrected chi connectivity index (χ4v) is 4.27. The van der Waals surface area contributed by atoms with Gasteiger partial charge in [-0.2, -0.15) is 0 Å². The first-order chi connectivity index (χ1) is 16.2. The summed E-state index contributed by atoms with van der Waals surface area (Å²) in [6.07, 6.45) is 2.06. The Balaban J connectivity index is 1.29. The number of hydrogen-bond donors (Lipinski definition) is 1. The van der Waals surface area contributed by atoms with Crippen molar-refractivity contribution < 1.29 is 14.3 Å². The van der Waals surface area contributed by atoms with E-state index < -0.39 is 0 Å². The Morgan fingerprint density at radius 2 is 1.55 bits per heavy atom.